The van der Waals surface area contributed by atoms with Gasteiger partial charge in [0.05, 0.1) is 12.7 Å². The molecule has 0 N–H and O–H groups in total. The molecule has 0 spiro atoms. The van der Waals surface area contributed by atoms with E-state index in [1.165, 1.54) is 6.07 Å². The first kappa shape index (κ1) is 7.74. The number of rotatable bonds is 2. The van der Waals surface area contributed by atoms with Gasteiger partial charge in [0.1, 0.15) is 5.82 Å². The minimum Gasteiger partial charge on any atom is -0.373 e. The summed E-state index contributed by atoms with van der Waals surface area (Å²) in [6.07, 6.45) is 1.18. The summed E-state index contributed by atoms with van der Waals surface area (Å²) in [7, 11) is 0. The van der Waals surface area contributed by atoms with E-state index in [9.17, 15) is 4.39 Å². The number of hydrogen-bond acceptors (Lipinski definition) is 1. The van der Waals surface area contributed by atoms with E-state index in [1.54, 1.807) is 6.07 Å². The third-order valence-electron chi connectivity index (χ3n) is 1.97. The van der Waals surface area contributed by atoms with Crippen molar-refractivity contribution in [2.75, 3.05) is 6.61 Å². The molecule has 2 heteroatoms. The van der Waals surface area contributed by atoms with E-state index in [4.69, 9.17) is 4.74 Å². The lowest BCUT2D eigenvalue weighted by Crippen LogP contribution is -1.94. The Bertz CT molecular complexity index is 272. The summed E-state index contributed by atoms with van der Waals surface area (Å²) in [4.78, 5) is 0. The Labute approximate surface area is 71.2 Å². The van der Waals surface area contributed by atoms with Crippen LogP contribution in [-0.4, -0.2) is 12.7 Å². The Balaban J connectivity index is 2.18. The van der Waals surface area contributed by atoms with E-state index in [2.05, 4.69) is 0 Å². The first-order chi connectivity index (χ1) is 5.74. The molecule has 1 fully saturated rings. The molecule has 0 saturated carbocycles. The number of halogens is 1. The molecule has 0 bridgehead atoms. The van der Waals surface area contributed by atoms with Crippen LogP contribution in [-0.2, 0) is 11.2 Å². The zero-order chi connectivity index (χ0) is 8.55. The summed E-state index contributed by atoms with van der Waals surface area (Å²) in [5.41, 5.74) is 2.01. The van der Waals surface area contributed by atoms with Crippen molar-refractivity contribution in [3.05, 3.63) is 35.1 Å². The minimum absolute atomic E-state index is 0.148. The van der Waals surface area contributed by atoms with Gasteiger partial charge in [-0.05, 0) is 30.2 Å². The van der Waals surface area contributed by atoms with Gasteiger partial charge in [-0.2, -0.15) is 0 Å². The van der Waals surface area contributed by atoms with Crippen LogP contribution in [0.4, 0.5) is 4.39 Å². The summed E-state index contributed by atoms with van der Waals surface area (Å²) in [5.74, 6) is -0.148. The fraction of sp³-hybridized carbons (Fsp3) is 0.400. The van der Waals surface area contributed by atoms with Crippen molar-refractivity contribution in [2.45, 2.75) is 19.4 Å². The van der Waals surface area contributed by atoms with E-state index in [-0.39, 0.29) is 5.82 Å². The first-order valence-electron chi connectivity index (χ1n) is 4.12. The highest BCUT2D eigenvalue weighted by Crippen LogP contribution is 2.17. The Morgan fingerprint density at radius 3 is 2.83 bits per heavy atom. The first-order valence-corrected chi connectivity index (χ1v) is 4.12. The zero-order valence-electron chi connectivity index (χ0n) is 7.01. The molecule has 1 aromatic rings. The molecule has 1 unspecified atom stereocenters. The van der Waals surface area contributed by atoms with Crippen molar-refractivity contribution in [2.24, 2.45) is 0 Å². The third kappa shape index (κ3) is 1.83. The van der Waals surface area contributed by atoms with Crippen LogP contribution in [0.3, 0.4) is 0 Å². The molecule has 1 heterocycles. The van der Waals surface area contributed by atoms with Crippen LogP contribution in [0.5, 0.6) is 0 Å². The van der Waals surface area contributed by atoms with Gasteiger partial charge in [-0.25, -0.2) is 4.39 Å². The second-order valence-electron chi connectivity index (χ2n) is 3.30. The predicted molar refractivity (Wildman–Crippen MR) is 44.6 cm³/mol. The monoisotopic (exact) mass is 166 g/mol. The van der Waals surface area contributed by atoms with Gasteiger partial charge in [0.15, 0.2) is 0 Å². The van der Waals surface area contributed by atoms with Gasteiger partial charge in [-0.1, -0.05) is 6.07 Å². The maximum atomic E-state index is 12.9. The molecule has 2 rings (SSSR count). The Kier molecular flexibility index (Phi) is 1.85. The van der Waals surface area contributed by atoms with Crippen LogP contribution in [0.25, 0.3) is 0 Å². The number of ether oxygens (including phenoxy) is 1. The number of benzene rings is 1. The fourth-order valence-electron chi connectivity index (χ4n) is 1.38. The van der Waals surface area contributed by atoms with Crippen LogP contribution in [0.15, 0.2) is 18.2 Å². The minimum atomic E-state index is -0.148. The Morgan fingerprint density at radius 2 is 2.25 bits per heavy atom. The van der Waals surface area contributed by atoms with Crippen molar-refractivity contribution in [1.29, 1.82) is 0 Å². The van der Waals surface area contributed by atoms with E-state index < -0.39 is 0 Å². The molecular formula is C10H11FO. The van der Waals surface area contributed by atoms with E-state index in [0.717, 1.165) is 24.2 Å². The molecule has 0 amide bonds. The van der Waals surface area contributed by atoms with Crippen molar-refractivity contribution in [1.82, 2.24) is 0 Å². The zero-order valence-corrected chi connectivity index (χ0v) is 7.01. The second-order valence-corrected chi connectivity index (χ2v) is 3.30. The number of aryl methyl sites for hydroxylation is 1. The van der Waals surface area contributed by atoms with E-state index >= 15 is 0 Å². The molecule has 1 aliphatic heterocycles. The molecule has 0 radical (unpaired) electrons. The Hall–Kier alpha value is -0.890. The topological polar surface area (TPSA) is 12.5 Å². The number of epoxide rings is 1. The lowest BCUT2D eigenvalue weighted by atomic mass is 10.1. The number of hydrogen-bond donors (Lipinski definition) is 0. The molecule has 1 aliphatic rings. The van der Waals surface area contributed by atoms with Crippen LogP contribution >= 0.6 is 0 Å². The summed E-state index contributed by atoms with van der Waals surface area (Å²) in [5, 5.41) is 0. The SMILES string of the molecule is Cc1cc(F)cc(CC2CO2)c1. The summed E-state index contributed by atoms with van der Waals surface area (Å²) in [6.45, 7) is 2.73. The van der Waals surface area contributed by atoms with E-state index in [0.29, 0.717) is 6.10 Å². The molecule has 64 valence electrons. The van der Waals surface area contributed by atoms with Gasteiger partial charge in [0.25, 0.3) is 0 Å². The predicted octanol–water partition coefficient (Wildman–Crippen LogP) is 2.08. The lowest BCUT2D eigenvalue weighted by Gasteiger charge is -2.00. The molecule has 12 heavy (non-hydrogen) atoms. The summed E-state index contributed by atoms with van der Waals surface area (Å²) >= 11 is 0. The highest BCUT2D eigenvalue weighted by atomic mass is 19.1. The van der Waals surface area contributed by atoms with Gasteiger partial charge >= 0.3 is 0 Å². The van der Waals surface area contributed by atoms with Crippen LogP contribution < -0.4 is 0 Å². The van der Waals surface area contributed by atoms with Crippen LogP contribution in [0.1, 0.15) is 11.1 Å². The van der Waals surface area contributed by atoms with Crippen LogP contribution in [0.2, 0.25) is 0 Å². The van der Waals surface area contributed by atoms with E-state index in [1.807, 2.05) is 13.0 Å². The van der Waals surface area contributed by atoms with Gasteiger partial charge < -0.3 is 4.74 Å². The molecule has 1 aromatic carbocycles. The smallest absolute Gasteiger partial charge is 0.123 e. The standard InChI is InChI=1S/C10H11FO/c1-7-2-8(4-9(11)3-7)5-10-6-12-10/h2-4,10H,5-6H2,1H3. The van der Waals surface area contributed by atoms with Gasteiger partial charge in [0, 0.05) is 6.42 Å². The van der Waals surface area contributed by atoms with Crippen molar-refractivity contribution in [3.8, 4) is 0 Å². The molecule has 0 aromatic heterocycles. The van der Waals surface area contributed by atoms with Crippen molar-refractivity contribution in [3.63, 3.8) is 0 Å². The van der Waals surface area contributed by atoms with Crippen LogP contribution in [0, 0.1) is 12.7 Å². The second kappa shape index (κ2) is 2.87. The molecule has 1 atom stereocenters. The molecule has 1 nitrogen and oxygen atoms in total. The Morgan fingerprint density at radius 1 is 1.50 bits per heavy atom. The summed E-state index contributed by atoms with van der Waals surface area (Å²) in [6, 6.07) is 5.12. The molecule has 0 aliphatic carbocycles. The van der Waals surface area contributed by atoms with Gasteiger partial charge in [-0.15, -0.1) is 0 Å². The maximum absolute atomic E-state index is 12.9. The third-order valence-corrected chi connectivity index (χ3v) is 1.97. The summed E-state index contributed by atoms with van der Waals surface area (Å²) < 4.78 is 17.9. The average Bonchev–Trinajstić information content (AvgIpc) is 2.68. The highest BCUT2D eigenvalue weighted by molar-refractivity contribution is 5.24. The molecule has 1 saturated heterocycles. The normalized spacial score (nSPS) is 21.0. The highest BCUT2D eigenvalue weighted by Gasteiger charge is 2.22. The quantitative estimate of drug-likeness (QED) is 0.613. The average molecular weight is 166 g/mol. The fourth-order valence-corrected chi connectivity index (χ4v) is 1.38. The lowest BCUT2D eigenvalue weighted by molar-refractivity contribution is 0.407. The molecular weight excluding hydrogens is 155 g/mol. The van der Waals surface area contributed by atoms with Gasteiger partial charge in [-0.3, -0.25) is 0 Å². The largest absolute Gasteiger partial charge is 0.373 e. The van der Waals surface area contributed by atoms with Crippen molar-refractivity contribution >= 4 is 0 Å². The maximum Gasteiger partial charge on any atom is 0.123 e. The van der Waals surface area contributed by atoms with Gasteiger partial charge in [0.2, 0.25) is 0 Å². The van der Waals surface area contributed by atoms with Crippen molar-refractivity contribution < 1.29 is 9.13 Å².